The van der Waals surface area contributed by atoms with Gasteiger partial charge in [-0.2, -0.15) is 0 Å². The minimum atomic E-state index is -3.65. The summed E-state index contributed by atoms with van der Waals surface area (Å²) >= 11 is 0. The van der Waals surface area contributed by atoms with Crippen LogP contribution in [-0.4, -0.2) is 37.8 Å². The lowest BCUT2D eigenvalue weighted by Gasteiger charge is -2.01. The van der Waals surface area contributed by atoms with Gasteiger partial charge in [-0.1, -0.05) is 0 Å². The van der Waals surface area contributed by atoms with Crippen LogP contribution in [0.5, 0.6) is 5.75 Å². The number of carboxylic acids is 1. The van der Waals surface area contributed by atoms with E-state index in [4.69, 9.17) is 9.84 Å². The summed E-state index contributed by atoms with van der Waals surface area (Å²) in [6.45, 7) is 0. The van der Waals surface area contributed by atoms with Crippen molar-refractivity contribution in [3.05, 3.63) is 23.9 Å². The van der Waals surface area contributed by atoms with Gasteiger partial charge in [0, 0.05) is 17.2 Å². The fourth-order valence-corrected chi connectivity index (χ4v) is 2.89. The summed E-state index contributed by atoms with van der Waals surface area (Å²) in [5.74, 6) is -0.853. The first-order chi connectivity index (χ1) is 8.34. The fraction of sp³-hybridized carbons (Fsp3) is 0.182. The van der Waals surface area contributed by atoms with E-state index in [1.165, 1.54) is 13.2 Å². The topological polar surface area (TPSA) is 96.5 Å². The highest BCUT2D eigenvalue weighted by Crippen LogP contribution is 2.30. The number of fused-ring (bicyclic) bond motifs is 1. The molecule has 2 aromatic rings. The summed E-state index contributed by atoms with van der Waals surface area (Å²) in [5.41, 5.74) is 0.106. The minimum Gasteiger partial charge on any atom is -0.497 e. The Kier molecular flexibility index (Phi) is 2.78. The number of hydrogen-bond donors (Lipinski definition) is 2. The molecule has 1 aromatic carbocycles. The van der Waals surface area contributed by atoms with E-state index in [0.717, 1.165) is 6.26 Å². The van der Waals surface area contributed by atoms with Crippen LogP contribution < -0.4 is 4.74 Å². The number of sulfone groups is 1. The zero-order chi connectivity index (χ0) is 13.5. The molecule has 0 aliphatic heterocycles. The lowest BCUT2D eigenvalue weighted by atomic mass is 10.2. The number of H-pyrrole nitrogens is 1. The van der Waals surface area contributed by atoms with Gasteiger partial charge in [0.05, 0.1) is 7.11 Å². The van der Waals surface area contributed by atoms with Crippen LogP contribution in [0.2, 0.25) is 0 Å². The molecule has 2 rings (SSSR count). The van der Waals surface area contributed by atoms with Crippen LogP contribution in [0.4, 0.5) is 0 Å². The third-order valence-corrected chi connectivity index (χ3v) is 3.71. The number of aromatic carboxylic acids is 1. The molecule has 0 fully saturated rings. The predicted octanol–water partition coefficient (Wildman–Crippen LogP) is 1.28. The molecule has 0 unspecified atom stereocenters. The molecule has 0 spiro atoms. The summed E-state index contributed by atoms with van der Waals surface area (Å²) in [5, 5.41) is 9.34. The average Bonchev–Trinajstić information content (AvgIpc) is 2.66. The van der Waals surface area contributed by atoms with Crippen molar-refractivity contribution in [1.29, 1.82) is 0 Å². The summed E-state index contributed by atoms with van der Waals surface area (Å²) < 4.78 is 28.4. The van der Waals surface area contributed by atoms with E-state index in [1.807, 2.05) is 0 Å². The van der Waals surface area contributed by atoms with Gasteiger partial charge in [-0.3, -0.25) is 0 Å². The smallest absolute Gasteiger partial charge is 0.353 e. The normalized spacial score (nSPS) is 11.7. The Morgan fingerprint density at radius 2 is 2.06 bits per heavy atom. The number of aromatic nitrogens is 1. The first kappa shape index (κ1) is 12.4. The molecule has 0 atom stereocenters. The van der Waals surface area contributed by atoms with Crippen molar-refractivity contribution in [1.82, 2.24) is 4.98 Å². The van der Waals surface area contributed by atoms with Crippen molar-refractivity contribution in [2.75, 3.05) is 13.4 Å². The summed E-state index contributed by atoms with van der Waals surface area (Å²) in [6, 6.07) is 4.69. The van der Waals surface area contributed by atoms with Crippen molar-refractivity contribution in [3.63, 3.8) is 0 Å². The monoisotopic (exact) mass is 269 g/mol. The summed E-state index contributed by atoms with van der Waals surface area (Å²) in [7, 11) is -2.20. The van der Waals surface area contributed by atoms with Crippen LogP contribution >= 0.6 is 0 Å². The molecular weight excluding hydrogens is 258 g/mol. The van der Waals surface area contributed by atoms with Crippen molar-refractivity contribution in [2.24, 2.45) is 0 Å². The van der Waals surface area contributed by atoms with Crippen molar-refractivity contribution < 1.29 is 23.1 Å². The Labute approximate surface area is 103 Å². The number of hydrogen-bond acceptors (Lipinski definition) is 4. The van der Waals surface area contributed by atoms with Gasteiger partial charge in [0.1, 0.15) is 16.3 Å². The van der Waals surface area contributed by atoms with E-state index in [1.54, 1.807) is 12.1 Å². The van der Waals surface area contributed by atoms with Gasteiger partial charge in [-0.05, 0) is 18.2 Å². The molecule has 0 aliphatic carbocycles. The average molecular weight is 269 g/mol. The van der Waals surface area contributed by atoms with Crippen LogP contribution in [0.25, 0.3) is 10.9 Å². The van der Waals surface area contributed by atoms with Gasteiger partial charge in [-0.25, -0.2) is 13.2 Å². The van der Waals surface area contributed by atoms with Gasteiger partial charge in [0.2, 0.25) is 0 Å². The van der Waals surface area contributed by atoms with Gasteiger partial charge >= 0.3 is 5.97 Å². The molecule has 2 N–H and O–H groups in total. The lowest BCUT2D eigenvalue weighted by molar-refractivity contribution is 0.0687. The highest BCUT2D eigenvalue weighted by molar-refractivity contribution is 7.91. The standard InChI is InChI=1S/C11H11NO5S/c1-17-6-3-4-8-7(5-6)10(18(2,15)16)9(12-8)11(13)14/h3-5,12H,1-2H3,(H,13,14). The number of methoxy groups -OCH3 is 1. The highest BCUT2D eigenvalue weighted by Gasteiger charge is 2.24. The minimum absolute atomic E-state index is 0.219. The molecule has 0 aliphatic rings. The van der Waals surface area contributed by atoms with Crippen LogP contribution in [0.15, 0.2) is 23.1 Å². The quantitative estimate of drug-likeness (QED) is 0.874. The fourth-order valence-electron chi connectivity index (χ4n) is 1.81. The summed E-state index contributed by atoms with van der Waals surface area (Å²) in [4.78, 5) is 13.4. The Morgan fingerprint density at radius 3 is 2.56 bits per heavy atom. The number of nitrogens with one attached hydrogen (secondary N) is 1. The molecule has 7 heteroatoms. The molecule has 18 heavy (non-hydrogen) atoms. The highest BCUT2D eigenvalue weighted by atomic mass is 32.2. The van der Waals surface area contributed by atoms with E-state index < -0.39 is 15.8 Å². The second-order valence-corrected chi connectivity index (χ2v) is 5.77. The van der Waals surface area contributed by atoms with Crippen molar-refractivity contribution in [3.8, 4) is 5.75 Å². The predicted molar refractivity (Wildman–Crippen MR) is 64.9 cm³/mol. The number of benzene rings is 1. The van der Waals surface area contributed by atoms with Crippen LogP contribution in [0, 0.1) is 0 Å². The lowest BCUT2D eigenvalue weighted by Crippen LogP contribution is -2.06. The molecule has 1 heterocycles. The van der Waals surface area contributed by atoms with E-state index in [0.29, 0.717) is 16.7 Å². The number of ether oxygens (including phenoxy) is 1. The summed E-state index contributed by atoms with van der Waals surface area (Å²) in [6.07, 6.45) is 0.974. The van der Waals surface area contributed by atoms with Crippen molar-refractivity contribution in [2.45, 2.75) is 4.90 Å². The Hall–Kier alpha value is -2.02. The van der Waals surface area contributed by atoms with Crippen LogP contribution in [0.1, 0.15) is 10.5 Å². The van der Waals surface area contributed by atoms with Gasteiger partial charge in [0.15, 0.2) is 9.84 Å². The molecule has 0 saturated carbocycles. The first-order valence-corrected chi connectivity index (χ1v) is 6.87. The molecule has 0 amide bonds. The Balaban J connectivity index is 2.92. The van der Waals surface area contributed by atoms with Gasteiger partial charge < -0.3 is 14.8 Å². The maximum absolute atomic E-state index is 11.7. The van der Waals surface area contributed by atoms with Crippen molar-refractivity contribution >= 4 is 26.7 Å². The zero-order valence-corrected chi connectivity index (χ0v) is 10.5. The van der Waals surface area contributed by atoms with E-state index in [-0.39, 0.29) is 10.6 Å². The molecule has 0 radical (unpaired) electrons. The maximum atomic E-state index is 11.7. The second kappa shape index (κ2) is 4.02. The zero-order valence-electron chi connectivity index (χ0n) is 9.72. The molecule has 96 valence electrons. The van der Waals surface area contributed by atoms with E-state index in [9.17, 15) is 13.2 Å². The van der Waals surface area contributed by atoms with Gasteiger partial charge in [0.25, 0.3) is 0 Å². The van der Waals surface area contributed by atoms with E-state index >= 15 is 0 Å². The molecule has 1 aromatic heterocycles. The Morgan fingerprint density at radius 1 is 1.39 bits per heavy atom. The molecule has 0 bridgehead atoms. The number of carboxylic acid groups (broad SMARTS) is 1. The number of aromatic amines is 1. The largest absolute Gasteiger partial charge is 0.497 e. The molecule has 6 nitrogen and oxygen atoms in total. The SMILES string of the molecule is COc1ccc2[nH]c(C(=O)O)c(S(C)(=O)=O)c2c1. The maximum Gasteiger partial charge on any atom is 0.353 e. The Bertz CT molecular complexity index is 729. The van der Waals surface area contributed by atoms with Crippen LogP contribution in [-0.2, 0) is 9.84 Å². The third-order valence-electron chi connectivity index (χ3n) is 2.54. The van der Waals surface area contributed by atoms with Gasteiger partial charge in [-0.15, -0.1) is 0 Å². The van der Waals surface area contributed by atoms with Crippen LogP contribution in [0.3, 0.4) is 0 Å². The third kappa shape index (κ3) is 1.92. The molecule has 0 saturated heterocycles. The first-order valence-electron chi connectivity index (χ1n) is 4.97. The molecular formula is C11H11NO5S. The number of rotatable bonds is 3. The second-order valence-electron chi connectivity index (χ2n) is 3.82. The van der Waals surface area contributed by atoms with E-state index in [2.05, 4.69) is 4.98 Å². The number of carbonyl (C=O) groups is 1.